The van der Waals surface area contributed by atoms with Crippen molar-refractivity contribution in [1.82, 2.24) is 14.0 Å². The van der Waals surface area contributed by atoms with E-state index in [4.69, 9.17) is 0 Å². The molecule has 0 bridgehead atoms. The molecule has 2 amide bonds. The van der Waals surface area contributed by atoms with E-state index in [1.807, 2.05) is 0 Å². The van der Waals surface area contributed by atoms with Gasteiger partial charge in [-0.25, -0.2) is 9.18 Å². The van der Waals surface area contributed by atoms with Crippen LogP contribution < -0.4 is 32.5 Å². The van der Waals surface area contributed by atoms with Gasteiger partial charge in [0.15, 0.2) is 0 Å². The van der Waals surface area contributed by atoms with E-state index in [1.165, 1.54) is 35.2 Å². The number of nitrogens with one attached hydrogen (secondary N) is 2. The molecule has 4 rings (SSSR count). The van der Waals surface area contributed by atoms with Gasteiger partial charge in [-0.2, -0.15) is 0 Å². The minimum Gasteiger partial charge on any atom is -0.338 e. The predicted molar refractivity (Wildman–Crippen MR) is 145 cm³/mol. The average Bonchev–Trinajstić information content (AvgIpc) is 3.68. The lowest BCUT2D eigenvalue weighted by molar-refractivity contribution is -0.115. The Labute approximate surface area is 218 Å². The first-order chi connectivity index (χ1) is 18.0. The van der Waals surface area contributed by atoms with Gasteiger partial charge >= 0.3 is 5.69 Å². The molecule has 0 unspecified atom stereocenters. The summed E-state index contributed by atoms with van der Waals surface area (Å²) in [5, 5.41) is 5.96. The number of benzene rings is 2. The third kappa shape index (κ3) is 5.15. The Kier molecular flexibility index (Phi) is 7.34. The fourth-order valence-electron chi connectivity index (χ4n) is 4.36. The van der Waals surface area contributed by atoms with Crippen molar-refractivity contribution in [1.29, 1.82) is 0 Å². The zero-order chi connectivity index (χ0) is 27.7. The van der Waals surface area contributed by atoms with E-state index in [1.54, 1.807) is 51.1 Å². The molecule has 1 aromatic heterocycles. The van der Waals surface area contributed by atoms with Crippen molar-refractivity contribution in [3.63, 3.8) is 0 Å². The highest BCUT2D eigenvalue weighted by Crippen LogP contribution is 2.32. The lowest BCUT2D eigenvalue weighted by atomic mass is 10.2. The number of carbonyl (C=O) groups is 2. The van der Waals surface area contributed by atoms with Crippen molar-refractivity contribution in [3.05, 3.63) is 85.3 Å². The molecule has 38 heavy (non-hydrogen) atoms. The maximum atomic E-state index is 14.9. The third-order valence-electron chi connectivity index (χ3n) is 6.23. The maximum Gasteiger partial charge on any atom is 0.336 e. The van der Waals surface area contributed by atoms with Crippen LogP contribution in [-0.4, -0.2) is 33.4 Å². The van der Waals surface area contributed by atoms with Crippen LogP contribution in [0.3, 0.4) is 0 Å². The topological polar surface area (TPSA) is 105 Å². The Bertz CT molecular complexity index is 1680. The number of aryl methyl sites for hydroxylation is 1. The number of hydrogen-bond donors (Lipinski definition) is 2. The minimum atomic E-state index is -0.577. The van der Waals surface area contributed by atoms with E-state index in [0.29, 0.717) is 41.8 Å². The van der Waals surface area contributed by atoms with Crippen LogP contribution in [-0.2, 0) is 9.59 Å². The Morgan fingerprint density at radius 2 is 1.79 bits per heavy atom. The van der Waals surface area contributed by atoms with E-state index < -0.39 is 17.1 Å². The first-order valence-electron chi connectivity index (χ1n) is 12.2. The molecule has 0 radical (unpaired) electrons. The third-order valence-corrected chi connectivity index (χ3v) is 6.23. The fraction of sp³-hybridized carbons (Fsp3) is 0.286. The SMILES string of the molecule is CC(=O)Nc1cccc(-n2c(=C(C)C)/c(=C(/Nc3ccc(C)cc3F)N(C)C=O)c(=O)n(C3CC3)c2=O)c1. The summed E-state index contributed by atoms with van der Waals surface area (Å²) in [6, 6.07) is 11.0. The molecule has 1 saturated carbocycles. The van der Waals surface area contributed by atoms with Gasteiger partial charge in [0, 0.05) is 25.7 Å². The van der Waals surface area contributed by atoms with Gasteiger partial charge < -0.3 is 15.5 Å². The van der Waals surface area contributed by atoms with Crippen molar-refractivity contribution in [2.75, 3.05) is 17.7 Å². The molecule has 0 aliphatic heterocycles. The lowest BCUT2D eigenvalue weighted by Crippen LogP contribution is -2.60. The number of aromatic nitrogens is 2. The second kappa shape index (κ2) is 10.5. The highest BCUT2D eigenvalue weighted by Gasteiger charge is 2.30. The van der Waals surface area contributed by atoms with Crippen molar-refractivity contribution < 1.29 is 14.0 Å². The summed E-state index contributed by atoms with van der Waals surface area (Å²) in [4.78, 5) is 52.6. The number of nitrogens with zero attached hydrogens (tertiary/aromatic N) is 3. The molecule has 1 aliphatic rings. The number of anilines is 2. The quantitative estimate of drug-likeness (QED) is 0.466. The number of carbonyl (C=O) groups excluding carboxylic acids is 2. The van der Waals surface area contributed by atoms with Crippen LogP contribution >= 0.6 is 0 Å². The minimum absolute atomic E-state index is 0.0325. The average molecular weight is 520 g/mol. The number of amides is 2. The fourth-order valence-corrected chi connectivity index (χ4v) is 4.36. The summed E-state index contributed by atoms with van der Waals surface area (Å²) in [6.45, 7) is 6.63. The van der Waals surface area contributed by atoms with Crippen LogP contribution in [0.1, 0.15) is 45.2 Å². The Morgan fingerprint density at radius 3 is 2.37 bits per heavy atom. The van der Waals surface area contributed by atoms with Crippen LogP contribution in [0.2, 0.25) is 0 Å². The normalized spacial score (nSPS) is 13.5. The van der Waals surface area contributed by atoms with Crippen LogP contribution in [0, 0.1) is 12.7 Å². The van der Waals surface area contributed by atoms with E-state index in [9.17, 15) is 23.6 Å². The zero-order valence-electron chi connectivity index (χ0n) is 22.0. The monoisotopic (exact) mass is 519 g/mol. The molecule has 1 heterocycles. The molecule has 0 spiro atoms. The molecule has 9 nitrogen and oxygen atoms in total. The summed E-state index contributed by atoms with van der Waals surface area (Å²) in [6.07, 6.45) is 1.83. The number of rotatable bonds is 7. The molecule has 2 aromatic carbocycles. The molecule has 3 aromatic rings. The molecular formula is C28H30FN5O4. The zero-order valence-corrected chi connectivity index (χ0v) is 22.0. The van der Waals surface area contributed by atoms with Gasteiger partial charge in [0.1, 0.15) is 16.9 Å². The van der Waals surface area contributed by atoms with Crippen LogP contribution in [0.15, 0.2) is 52.1 Å². The molecule has 0 saturated heterocycles. The van der Waals surface area contributed by atoms with Gasteiger partial charge in [0.2, 0.25) is 12.3 Å². The molecule has 1 aliphatic carbocycles. The molecule has 0 atom stereocenters. The predicted octanol–water partition coefficient (Wildman–Crippen LogP) is 2.20. The van der Waals surface area contributed by atoms with Crippen molar-refractivity contribution >= 4 is 35.1 Å². The Balaban J connectivity index is 2.19. The van der Waals surface area contributed by atoms with E-state index in [0.717, 1.165) is 4.90 Å². The Hall–Kier alpha value is -4.47. The first kappa shape index (κ1) is 26.6. The van der Waals surface area contributed by atoms with Crippen molar-refractivity contribution in [2.24, 2.45) is 0 Å². The summed E-state index contributed by atoms with van der Waals surface area (Å²) >= 11 is 0. The van der Waals surface area contributed by atoms with Gasteiger partial charge in [-0.1, -0.05) is 17.7 Å². The molecule has 1 fully saturated rings. The van der Waals surface area contributed by atoms with Gasteiger partial charge in [-0.05, 0) is 69.5 Å². The summed E-state index contributed by atoms with van der Waals surface area (Å²) < 4.78 is 17.5. The summed E-state index contributed by atoms with van der Waals surface area (Å²) in [7, 11) is 1.45. The lowest BCUT2D eigenvalue weighted by Gasteiger charge is -2.21. The van der Waals surface area contributed by atoms with E-state index in [-0.39, 0.29) is 34.0 Å². The van der Waals surface area contributed by atoms with Crippen LogP contribution in [0.25, 0.3) is 17.1 Å². The van der Waals surface area contributed by atoms with E-state index >= 15 is 0 Å². The van der Waals surface area contributed by atoms with E-state index in [2.05, 4.69) is 10.6 Å². The highest BCUT2D eigenvalue weighted by molar-refractivity contribution is 5.89. The molecule has 10 heteroatoms. The maximum absolute atomic E-state index is 14.9. The first-order valence-corrected chi connectivity index (χ1v) is 12.2. The van der Waals surface area contributed by atoms with Crippen molar-refractivity contribution in [3.8, 4) is 5.69 Å². The number of hydrogen-bond acceptors (Lipinski definition) is 5. The standard InChI is InChI=1S/C28H30FN5O4/c1-16(2)25-24(26(32(5)15-35)31-23-12-9-17(3)13-22(23)29)27(37)34(20-10-11-20)28(38)33(25)21-8-6-7-19(14-21)30-18(4)36/h6-9,12-15,20,31H,10-11H2,1-5H3,(H,30,36)/b26-24+. The second-order valence-corrected chi connectivity index (χ2v) is 9.65. The molecule has 2 N–H and O–H groups in total. The van der Waals surface area contributed by atoms with Crippen LogP contribution in [0.5, 0.6) is 0 Å². The highest BCUT2D eigenvalue weighted by atomic mass is 19.1. The Morgan fingerprint density at radius 1 is 1.08 bits per heavy atom. The van der Waals surface area contributed by atoms with Gasteiger partial charge in [0.25, 0.3) is 5.56 Å². The summed E-state index contributed by atoms with van der Waals surface area (Å²) in [5.74, 6) is -0.798. The second-order valence-electron chi connectivity index (χ2n) is 9.65. The number of halogens is 1. The smallest absolute Gasteiger partial charge is 0.336 e. The molecule has 198 valence electrons. The van der Waals surface area contributed by atoms with Crippen LogP contribution in [0.4, 0.5) is 15.8 Å². The summed E-state index contributed by atoms with van der Waals surface area (Å²) in [5.41, 5.74) is 1.18. The largest absolute Gasteiger partial charge is 0.338 e. The van der Waals surface area contributed by atoms with Gasteiger partial charge in [0.05, 0.1) is 16.7 Å². The van der Waals surface area contributed by atoms with Gasteiger partial charge in [-0.3, -0.25) is 23.5 Å². The van der Waals surface area contributed by atoms with Gasteiger partial charge in [-0.15, -0.1) is 0 Å². The van der Waals surface area contributed by atoms with Crippen molar-refractivity contribution in [2.45, 2.75) is 46.6 Å². The molecular weight excluding hydrogens is 489 g/mol.